The van der Waals surface area contributed by atoms with Gasteiger partial charge >= 0.3 is 0 Å². The number of nitrogens with one attached hydrogen (secondary N) is 2. The second-order valence-electron chi connectivity index (χ2n) is 6.35. The van der Waals surface area contributed by atoms with E-state index in [4.69, 9.17) is 4.74 Å². The number of ether oxygens (including phenoxy) is 1. The molecular formula is C20H26FN2O2+. The molecule has 0 saturated heterocycles. The van der Waals surface area contributed by atoms with Crippen molar-refractivity contribution in [3.63, 3.8) is 0 Å². The van der Waals surface area contributed by atoms with E-state index >= 15 is 0 Å². The number of carbonyl (C=O) groups is 1. The third-order valence-corrected chi connectivity index (χ3v) is 4.09. The van der Waals surface area contributed by atoms with Crippen molar-refractivity contribution in [3.05, 3.63) is 58.9 Å². The van der Waals surface area contributed by atoms with Crippen LogP contribution in [0.25, 0.3) is 0 Å². The zero-order valence-electron chi connectivity index (χ0n) is 15.3. The van der Waals surface area contributed by atoms with Crippen molar-refractivity contribution in [3.8, 4) is 5.75 Å². The molecule has 0 fully saturated rings. The number of quaternary nitrogens is 1. The van der Waals surface area contributed by atoms with Crippen molar-refractivity contribution >= 4 is 11.6 Å². The van der Waals surface area contributed by atoms with Gasteiger partial charge in [-0.05, 0) is 62.2 Å². The van der Waals surface area contributed by atoms with Crippen LogP contribution in [-0.2, 0) is 11.3 Å². The standard InChI is InChI=1S/C20H25FN2O2/c1-5-23(12-16-6-7-19(25-4)18(21)11-16)13-20(24)22-17-9-14(2)8-15(3)10-17/h6-11H,5,12-13H2,1-4H3,(H,22,24)/p+1. The van der Waals surface area contributed by atoms with E-state index in [1.807, 2.05) is 39.0 Å². The van der Waals surface area contributed by atoms with Crippen LogP contribution in [0.15, 0.2) is 36.4 Å². The third kappa shape index (κ3) is 5.57. The maximum absolute atomic E-state index is 13.8. The maximum atomic E-state index is 13.8. The van der Waals surface area contributed by atoms with E-state index < -0.39 is 0 Å². The molecule has 0 aliphatic carbocycles. The van der Waals surface area contributed by atoms with Crippen LogP contribution in [-0.4, -0.2) is 26.1 Å². The number of methoxy groups -OCH3 is 1. The molecule has 134 valence electrons. The number of rotatable bonds is 7. The summed E-state index contributed by atoms with van der Waals surface area (Å²) in [5.41, 5.74) is 3.88. The van der Waals surface area contributed by atoms with Gasteiger partial charge in [-0.15, -0.1) is 0 Å². The number of amides is 1. The number of carbonyl (C=O) groups excluding carboxylic acids is 1. The van der Waals surface area contributed by atoms with Crippen LogP contribution in [0.1, 0.15) is 23.6 Å². The molecule has 2 aromatic carbocycles. The Kier molecular flexibility index (Phi) is 6.53. The molecule has 0 saturated carbocycles. The summed E-state index contributed by atoms with van der Waals surface area (Å²) in [4.78, 5) is 13.4. The van der Waals surface area contributed by atoms with E-state index in [-0.39, 0.29) is 17.5 Å². The second-order valence-corrected chi connectivity index (χ2v) is 6.35. The molecule has 1 unspecified atom stereocenters. The van der Waals surface area contributed by atoms with Gasteiger partial charge in [0.05, 0.1) is 13.7 Å². The van der Waals surface area contributed by atoms with Crippen molar-refractivity contribution in [2.24, 2.45) is 0 Å². The lowest BCUT2D eigenvalue weighted by atomic mass is 10.1. The van der Waals surface area contributed by atoms with E-state index in [0.717, 1.165) is 33.8 Å². The van der Waals surface area contributed by atoms with Crippen LogP contribution in [0, 0.1) is 19.7 Å². The summed E-state index contributed by atoms with van der Waals surface area (Å²) in [5.74, 6) is -0.194. The SMILES string of the molecule is CC[NH+](CC(=O)Nc1cc(C)cc(C)c1)Cc1ccc(OC)c(F)c1. The Labute approximate surface area is 148 Å². The van der Waals surface area contributed by atoms with Gasteiger partial charge < -0.3 is 15.0 Å². The lowest BCUT2D eigenvalue weighted by molar-refractivity contribution is -0.903. The highest BCUT2D eigenvalue weighted by Gasteiger charge is 2.15. The van der Waals surface area contributed by atoms with Crippen molar-refractivity contribution < 1.29 is 18.8 Å². The predicted molar refractivity (Wildman–Crippen MR) is 97.6 cm³/mol. The zero-order valence-corrected chi connectivity index (χ0v) is 15.3. The average molecular weight is 345 g/mol. The molecule has 0 aliphatic heterocycles. The maximum Gasteiger partial charge on any atom is 0.279 e. The fourth-order valence-corrected chi connectivity index (χ4v) is 2.90. The van der Waals surface area contributed by atoms with Crippen LogP contribution < -0.4 is 15.0 Å². The minimum Gasteiger partial charge on any atom is -0.494 e. The molecule has 2 rings (SSSR count). The largest absolute Gasteiger partial charge is 0.494 e. The first-order valence-electron chi connectivity index (χ1n) is 8.45. The number of hydrogen-bond acceptors (Lipinski definition) is 2. The van der Waals surface area contributed by atoms with E-state index in [2.05, 4.69) is 11.4 Å². The van der Waals surface area contributed by atoms with Crippen molar-refractivity contribution in [1.29, 1.82) is 0 Å². The molecule has 0 aliphatic rings. The minimum atomic E-state index is -0.379. The van der Waals surface area contributed by atoms with Gasteiger partial charge in [0, 0.05) is 11.3 Å². The normalized spacial score (nSPS) is 11.9. The predicted octanol–water partition coefficient (Wildman–Crippen LogP) is 2.49. The van der Waals surface area contributed by atoms with Crippen LogP contribution in [0.3, 0.4) is 0 Å². The van der Waals surface area contributed by atoms with Gasteiger partial charge in [-0.1, -0.05) is 6.07 Å². The Hall–Kier alpha value is -2.40. The fraction of sp³-hybridized carbons (Fsp3) is 0.350. The summed E-state index contributed by atoms with van der Waals surface area (Å²) >= 11 is 0. The molecule has 0 radical (unpaired) electrons. The molecule has 5 heteroatoms. The third-order valence-electron chi connectivity index (χ3n) is 4.09. The Morgan fingerprint density at radius 2 is 1.84 bits per heavy atom. The number of likely N-dealkylation sites (N-methyl/N-ethyl adjacent to an activating group) is 1. The Bertz CT molecular complexity index is 726. The van der Waals surface area contributed by atoms with Gasteiger partial charge in [0.2, 0.25) is 0 Å². The van der Waals surface area contributed by atoms with Crippen LogP contribution in [0.4, 0.5) is 10.1 Å². The lowest BCUT2D eigenvalue weighted by Crippen LogP contribution is -3.11. The van der Waals surface area contributed by atoms with Crippen LogP contribution in [0.5, 0.6) is 5.75 Å². The van der Waals surface area contributed by atoms with Crippen molar-refractivity contribution in [1.82, 2.24) is 0 Å². The molecule has 2 aromatic rings. The van der Waals surface area contributed by atoms with E-state index in [1.165, 1.54) is 13.2 Å². The molecule has 4 nitrogen and oxygen atoms in total. The van der Waals surface area contributed by atoms with Crippen LogP contribution >= 0.6 is 0 Å². The first-order chi connectivity index (χ1) is 11.9. The molecular weight excluding hydrogens is 319 g/mol. The highest BCUT2D eigenvalue weighted by molar-refractivity contribution is 5.91. The molecule has 0 heterocycles. The molecule has 1 atom stereocenters. The van der Waals surface area contributed by atoms with Crippen molar-refractivity contribution in [2.45, 2.75) is 27.3 Å². The Morgan fingerprint density at radius 1 is 1.16 bits per heavy atom. The highest BCUT2D eigenvalue weighted by atomic mass is 19.1. The summed E-state index contributed by atoms with van der Waals surface area (Å²) in [7, 11) is 1.44. The number of benzene rings is 2. The summed E-state index contributed by atoms with van der Waals surface area (Å²) in [6.45, 7) is 7.71. The molecule has 0 aromatic heterocycles. The van der Waals surface area contributed by atoms with Gasteiger partial charge in [-0.2, -0.15) is 0 Å². The summed E-state index contributed by atoms with van der Waals surface area (Å²) in [5, 5.41) is 2.95. The van der Waals surface area contributed by atoms with E-state index in [0.29, 0.717) is 13.1 Å². The monoisotopic (exact) mass is 345 g/mol. The molecule has 0 bridgehead atoms. The van der Waals surface area contributed by atoms with E-state index in [1.54, 1.807) is 6.07 Å². The number of halogens is 1. The summed E-state index contributed by atoms with van der Waals surface area (Å²) in [6.07, 6.45) is 0. The topological polar surface area (TPSA) is 42.8 Å². The molecule has 1 amide bonds. The quantitative estimate of drug-likeness (QED) is 0.810. The summed E-state index contributed by atoms with van der Waals surface area (Å²) < 4.78 is 18.8. The first kappa shape index (κ1) is 18.9. The zero-order chi connectivity index (χ0) is 18.4. The van der Waals surface area contributed by atoms with Crippen molar-refractivity contribution in [2.75, 3.05) is 25.5 Å². The van der Waals surface area contributed by atoms with Gasteiger partial charge in [0.1, 0.15) is 6.54 Å². The first-order valence-corrected chi connectivity index (χ1v) is 8.45. The van der Waals surface area contributed by atoms with E-state index in [9.17, 15) is 9.18 Å². The number of anilines is 1. The Morgan fingerprint density at radius 3 is 2.40 bits per heavy atom. The summed E-state index contributed by atoms with van der Waals surface area (Å²) in [6, 6.07) is 10.9. The smallest absolute Gasteiger partial charge is 0.279 e. The number of hydrogen-bond donors (Lipinski definition) is 2. The second kappa shape index (κ2) is 8.62. The molecule has 0 spiro atoms. The van der Waals surface area contributed by atoms with Gasteiger partial charge in [0.15, 0.2) is 18.1 Å². The Balaban J connectivity index is 1.98. The number of aryl methyl sites for hydroxylation is 2. The van der Waals surface area contributed by atoms with Gasteiger partial charge in [-0.25, -0.2) is 4.39 Å². The molecule has 25 heavy (non-hydrogen) atoms. The fourth-order valence-electron chi connectivity index (χ4n) is 2.90. The lowest BCUT2D eigenvalue weighted by Gasteiger charge is -2.18. The van der Waals surface area contributed by atoms with Crippen LogP contribution in [0.2, 0.25) is 0 Å². The van der Waals surface area contributed by atoms with Gasteiger partial charge in [-0.3, -0.25) is 4.79 Å². The van der Waals surface area contributed by atoms with Gasteiger partial charge in [0.25, 0.3) is 5.91 Å². The molecule has 2 N–H and O–H groups in total. The minimum absolute atomic E-state index is 0.0455. The average Bonchev–Trinajstić information content (AvgIpc) is 2.53. The highest BCUT2D eigenvalue weighted by Crippen LogP contribution is 2.17.